The van der Waals surface area contributed by atoms with E-state index >= 15 is 0 Å². The van der Waals surface area contributed by atoms with Crippen LogP contribution in [0.5, 0.6) is 5.75 Å². The minimum Gasteiger partial charge on any atom is -0.493 e. The molecular weight excluding hydrogens is 238 g/mol. The van der Waals surface area contributed by atoms with E-state index in [1.54, 1.807) is 0 Å². The Kier molecular flexibility index (Phi) is 3.89. The van der Waals surface area contributed by atoms with Gasteiger partial charge in [-0.1, -0.05) is 6.07 Å². The molecule has 3 nitrogen and oxygen atoms in total. The molecule has 0 saturated carbocycles. The highest BCUT2D eigenvalue weighted by atomic mass is 35.5. The van der Waals surface area contributed by atoms with E-state index in [4.69, 9.17) is 16.3 Å². The van der Waals surface area contributed by atoms with Crippen molar-refractivity contribution >= 4 is 23.2 Å². The number of hydrogen-bond donors (Lipinski definition) is 1. The van der Waals surface area contributed by atoms with Crippen LogP contribution in [-0.2, 0) is 11.2 Å². The lowest BCUT2D eigenvalue weighted by Gasteiger charge is -2.22. The Morgan fingerprint density at radius 1 is 1.41 bits per heavy atom. The lowest BCUT2D eigenvalue weighted by molar-refractivity contribution is -0.116. The first-order chi connectivity index (χ1) is 8.22. The fourth-order valence-electron chi connectivity index (χ4n) is 1.98. The van der Waals surface area contributed by atoms with Crippen molar-refractivity contribution < 1.29 is 9.53 Å². The van der Waals surface area contributed by atoms with Gasteiger partial charge in [0.25, 0.3) is 0 Å². The van der Waals surface area contributed by atoms with Gasteiger partial charge >= 0.3 is 0 Å². The van der Waals surface area contributed by atoms with Crippen LogP contribution in [0.25, 0.3) is 0 Å². The first kappa shape index (κ1) is 12.2. The van der Waals surface area contributed by atoms with Gasteiger partial charge in [-0.05, 0) is 31.4 Å². The zero-order valence-electron chi connectivity index (χ0n) is 9.88. The lowest BCUT2D eigenvalue weighted by Crippen LogP contribution is -2.20. The number of carbonyl (C=O) groups excluding carboxylic acids is 1. The quantitative estimate of drug-likeness (QED) is 0.662. The minimum absolute atomic E-state index is 0.0820. The number of ether oxygens (including phenoxy) is 1. The van der Waals surface area contributed by atoms with Crippen LogP contribution in [0.15, 0.2) is 12.1 Å². The average molecular weight is 254 g/mol. The number of hydrogen-bond acceptors (Lipinski definition) is 2. The third-order valence-electron chi connectivity index (χ3n) is 2.88. The van der Waals surface area contributed by atoms with Crippen molar-refractivity contribution in [1.82, 2.24) is 0 Å². The van der Waals surface area contributed by atoms with Gasteiger partial charge < -0.3 is 10.1 Å². The molecule has 1 aliphatic rings. The summed E-state index contributed by atoms with van der Waals surface area (Å²) in [6.45, 7) is 2.61. The van der Waals surface area contributed by atoms with Crippen LogP contribution in [0.1, 0.15) is 24.0 Å². The van der Waals surface area contributed by atoms with Crippen molar-refractivity contribution in [3.63, 3.8) is 0 Å². The second-order valence-corrected chi connectivity index (χ2v) is 4.55. The molecule has 0 unspecified atom stereocenters. The molecule has 0 atom stereocenters. The summed E-state index contributed by atoms with van der Waals surface area (Å²) in [4.78, 5) is 11.4. The van der Waals surface area contributed by atoms with Crippen molar-refractivity contribution in [2.45, 2.75) is 26.2 Å². The second kappa shape index (κ2) is 5.41. The number of alkyl halides is 1. The number of fused-ring (bicyclic) bond motifs is 1. The van der Waals surface area contributed by atoms with E-state index in [9.17, 15) is 4.79 Å². The Bertz CT molecular complexity index is 432. The summed E-state index contributed by atoms with van der Waals surface area (Å²) in [5.41, 5.74) is 3.11. The van der Waals surface area contributed by atoms with Gasteiger partial charge in [0.15, 0.2) is 0 Å². The molecule has 2 rings (SSSR count). The van der Waals surface area contributed by atoms with Crippen LogP contribution in [0.3, 0.4) is 0 Å². The Morgan fingerprint density at radius 2 is 2.24 bits per heavy atom. The Labute approximate surface area is 106 Å². The highest BCUT2D eigenvalue weighted by Crippen LogP contribution is 2.34. The molecule has 0 fully saturated rings. The van der Waals surface area contributed by atoms with E-state index in [1.807, 2.05) is 19.1 Å². The fourth-order valence-corrected chi connectivity index (χ4v) is 2.09. The number of rotatable bonds is 4. The van der Waals surface area contributed by atoms with Crippen LogP contribution in [0.2, 0.25) is 0 Å². The molecular formula is C13H16ClNO2. The van der Waals surface area contributed by atoms with Crippen molar-refractivity contribution in [3.8, 4) is 5.75 Å². The molecule has 0 saturated heterocycles. The zero-order chi connectivity index (χ0) is 12.3. The molecule has 0 spiro atoms. The van der Waals surface area contributed by atoms with Gasteiger partial charge in [0.2, 0.25) is 5.91 Å². The standard InChI is InChI=1S/C13H16ClNO2/c1-9-3-5-11(17-8-2-7-14)10-4-6-12(16)15-13(9)10/h3,5H,2,4,6-8H2,1H3,(H,15,16). The topological polar surface area (TPSA) is 38.3 Å². The molecule has 1 aromatic carbocycles. The molecule has 1 N–H and O–H groups in total. The fraction of sp³-hybridized carbons (Fsp3) is 0.462. The molecule has 1 heterocycles. The summed E-state index contributed by atoms with van der Waals surface area (Å²) in [5, 5.41) is 2.91. The monoisotopic (exact) mass is 253 g/mol. The molecule has 0 bridgehead atoms. The Hall–Kier alpha value is -1.22. The van der Waals surface area contributed by atoms with Crippen molar-refractivity contribution in [1.29, 1.82) is 0 Å². The molecule has 0 radical (unpaired) electrons. The van der Waals surface area contributed by atoms with E-state index in [-0.39, 0.29) is 5.91 Å². The first-order valence-corrected chi connectivity index (χ1v) is 6.37. The van der Waals surface area contributed by atoms with Gasteiger partial charge in [0, 0.05) is 17.9 Å². The van der Waals surface area contributed by atoms with E-state index in [0.29, 0.717) is 18.9 Å². The summed E-state index contributed by atoms with van der Waals surface area (Å²) in [5.74, 6) is 1.55. The molecule has 1 aliphatic heterocycles. The number of benzene rings is 1. The largest absolute Gasteiger partial charge is 0.493 e. The van der Waals surface area contributed by atoms with Gasteiger partial charge in [-0.15, -0.1) is 11.6 Å². The highest BCUT2D eigenvalue weighted by Gasteiger charge is 2.20. The van der Waals surface area contributed by atoms with Crippen molar-refractivity contribution in [2.24, 2.45) is 0 Å². The number of anilines is 1. The molecule has 4 heteroatoms. The van der Waals surface area contributed by atoms with E-state index < -0.39 is 0 Å². The molecule has 1 amide bonds. The van der Waals surface area contributed by atoms with E-state index in [2.05, 4.69) is 5.32 Å². The maximum Gasteiger partial charge on any atom is 0.224 e. The second-order valence-electron chi connectivity index (χ2n) is 4.17. The van der Waals surface area contributed by atoms with Crippen LogP contribution < -0.4 is 10.1 Å². The molecule has 0 aromatic heterocycles. The zero-order valence-corrected chi connectivity index (χ0v) is 10.6. The van der Waals surface area contributed by atoms with Crippen molar-refractivity contribution in [3.05, 3.63) is 23.3 Å². The van der Waals surface area contributed by atoms with E-state index in [1.165, 1.54) is 0 Å². The summed E-state index contributed by atoms with van der Waals surface area (Å²) in [7, 11) is 0. The van der Waals surface area contributed by atoms with Crippen LogP contribution in [0.4, 0.5) is 5.69 Å². The molecule has 0 aliphatic carbocycles. The van der Waals surface area contributed by atoms with Crippen LogP contribution >= 0.6 is 11.6 Å². The smallest absolute Gasteiger partial charge is 0.224 e. The maximum absolute atomic E-state index is 11.4. The van der Waals surface area contributed by atoms with Crippen LogP contribution in [-0.4, -0.2) is 18.4 Å². The number of amides is 1. The number of aryl methyl sites for hydroxylation is 1. The third kappa shape index (κ3) is 2.72. The number of nitrogens with one attached hydrogen (secondary N) is 1. The predicted molar refractivity (Wildman–Crippen MR) is 69.0 cm³/mol. The van der Waals surface area contributed by atoms with Gasteiger partial charge in [-0.2, -0.15) is 0 Å². The van der Waals surface area contributed by atoms with Gasteiger partial charge in [-0.25, -0.2) is 0 Å². The molecule has 1 aromatic rings. The maximum atomic E-state index is 11.4. The molecule has 17 heavy (non-hydrogen) atoms. The number of carbonyl (C=O) groups is 1. The average Bonchev–Trinajstić information content (AvgIpc) is 2.33. The Balaban J connectivity index is 2.23. The Morgan fingerprint density at radius 3 is 3.00 bits per heavy atom. The van der Waals surface area contributed by atoms with Gasteiger partial charge in [0.05, 0.1) is 12.3 Å². The minimum atomic E-state index is 0.0820. The summed E-state index contributed by atoms with van der Waals surface area (Å²) >= 11 is 5.62. The lowest BCUT2D eigenvalue weighted by atomic mass is 9.98. The highest BCUT2D eigenvalue weighted by molar-refractivity contribution is 6.17. The first-order valence-electron chi connectivity index (χ1n) is 5.83. The third-order valence-corrected chi connectivity index (χ3v) is 3.15. The predicted octanol–water partition coefficient (Wildman–Crippen LogP) is 2.89. The van der Waals surface area contributed by atoms with Gasteiger partial charge in [0.1, 0.15) is 5.75 Å². The van der Waals surface area contributed by atoms with E-state index in [0.717, 1.165) is 35.4 Å². The van der Waals surface area contributed by atoms with Gasteiger partial charge in [-0.3, -0.25) is 4.79 Å². The summed E-state index contributed by atoms with van der Waals surface area (Å²) in [6, 6.07) is 3.94. The molecule has 92 valence electrons. The normalized spacial score (nSPS) is 14.1. The number of halogens is 1. The summed E-state index contributed by atoms with van der Waals surface area (Å²) in [6.07, 6.45) is 2.11. The summed E-state index contributed by atoms with van der Waals surface area (Å²) < 4.78 is 5.70. The van der Waals surface area contributed by atoms with Crippen molar-refractivity contribution in [2.75, 3.05) is 17.8 Å². The van der Waals surface area contributed by atoms with Crippen LogP contribution in [0, 0.1) is 6.92 Å². The SMILES string of the molecule is Cc1ccc(OCCCCl)c2c1NC(=O)CC2.